The molecule has 0 aliphatic carbocycles. The largest absolute Gasteiger partial charge is 0.352 e. The van der Waals surface area contributed by atoms with Gasteiger partial charge in [0.25, 0.3) is 0 Å². The number of likely N-dealkylation sites (tertiary alicyclic amines) is 1. The average molecular weight is 341 g/mol. The summed E-state index contributed by atoms with van der Waals surface area (Å²) < 4.78 is 0. The third-order valence-electron chi connectivity index (χ3n) is 4.77. The Labute approximate surface area is 146 Å². The van der Waals surface area contributed by atoms with Gasteiger partial charge in [0.1, 0.15) is 0 Å². The Kier molecular flexibility index (Phi) is 5.02. The Morgan fingerprint density at radius 2 is 2.00 bits per heavy atom. The molecule has 1 aromatic carbocycles. The molecule has 0 saturated carbocycles. The SMILES string of the molecule is Cc1ccccc1-c1cn[nH]c1C1CCN(C(=O)CNC(N)=O)CC1. The number of nitrogens with zero attached hydrogens (tertiary/aromatic N) is 2. The van der Waals surface area contributed by atoms with Crippen LogP contribution in [-0.2, 0) is 4.79 Å². The number of nitrogens with one attached hydrogen (secondary N) is 2. The summed E-state index contributed by atoms with van der Waals surface area (Å²) in [5.41, 5.74) is 9.69. The van der Waals surface area contributed by atoms with Gasteiger partial charge in [-0.15, -0.1) is 0 Å². The number of carbonyl (C=O) groups excluding carboxylic acids is 2. The van der Waals surface area contributed by atoms with E-state index in [1.807, 2.05) is 18.3 Å². The van der Waals surface area contributed by atoms with E-state index in [1.165, 1.54) is 11.1 Å². The number of hydrogen-bond acceptors (Lipinski definition) is 3. The number of nitrogens with two attached hydrogens (primary N) is 1. The molecule has 1 aliphatic rings. The standard InChI is InChI=1S/C18H23N5O2/c1-12-4-2-3-5-14(12)15-10-21-22-17(15)13-6-8-23(9-7-13)16(24)11-20-18(19)25/h2-5,10,13H,6-9,11H2,1H3,(H,21,22)(H3,19,20,25). The molecule has 7 heteroatoms. The molecule has 0 spiro atoms. The lowest BCUT2D eigenvalue weighted by molar-refractivity contribution is -0.131. The third kappa shape index (κ3) is 3.81. The molecule has 1 fully saturated rings. The van der Waals surface area contributed by atoms with E-state index in [0.717, 1.165) is 24.1 Å². The number of aromatic nitrogens is 2. The van der Waals surface area contributed by atoms with Crippen LogP contribution in [0.5, 0.6) is 0 Å². The molecule has 1 aromatic heterocycles. The molecule has 7 nitrogen and oxygen atoms in total. The highest BCUT2D eigenvalue weighted by Crippen LogP contribution is 2.34. The molecule has 1 aliphatic heterocycles. The quantitative estimate of drug-likeness (QED) is 0.789. The smallest absolute Gasteiger partial charge is 0.312 e. The van der Waals surface area contributed by atoms with Crippen molar-refractivity contribution in [3.63, 3.8) is 0 Å². The molecule has 0 atom stereocenters. The first-order valence-electron chi connectivity index (χ1n) is 8.46. The van der Waals surface area contributed by atoms with Gasteiger partial charge >= 0.3 is 6.03 Å². The van der Waals surface area contributed by atoms with Gasteiger partial charge in [-0.2, -0.15) is 5.10 Å². The van der Waals surface area contributed by atoms with Crippen molar-refractivity contribution < 1.29 is 9.59 Å². The second-order valence-electron chi connectivity index (χ2n) is 6.39. The van der Waals surface area contributed by atoms with E-state index in [-0.39, 0.29) is 12.5 Å². The Balaban J connectivity index is 1.67. The number of H-pyrrole nitrogens is 1. The van der Waals surface area contributed by atoms with Crippen molar-refractivity contribution in [2.75, 3.05) is 19.6 Å². The summed E-state index contributed by atoms with van der Waals surface area (Å²) in [5, 5.41) is 9.76. The fraction of sp³-hybridized carbons (Fsp3) is 0.389. The molecular formula is C18H23N5O2. The minimum absolute atomic E-state index is 0.0431. The van der Waals surface area contributed by atoms with Crippen LogP contribution < -0.4 is 11.1 Å². The minimum Gasteiger partial charge on any atom is -0.352 e. The number of aromatic amines is 1. The highest BCUT2D eigenvalue weighted by Gasteiger charge is 2.26. The summed E-state index contributed by atoms with van der Waals surface area (Å²) >= 11 is 0. The maximum Gasteiger partial charge on any atom is 0.312 e. The first-order valence-corrected chi connectivity index (χ1v) is 8.46. The van der Waals surface area contributed by atoms with Crippen molar-refractivity contribution >= 4 is 11.9 Å². The fourth-order valence-electron chi connectivity index (χ4n) is 3.39. The number of piperidine rings is 1. The number of amides is 3. The maximum atomic E-state index is 12.1. The van der Waals surface area contributed by atoms with E-state index in [1.54, 1.807) is 4.90 Å². The van der Waals surface area contributed by atoms with E-state index in [4.69, 9.17) is 5.73 Å². The second-order valence-corrected chi connectivity index (χ2v) is 6.39. The number of rotatable bonds is 4. The molecule has 0 unspecified atom stereocenters. The number of carbonyl (C=O) groups is 2. The van der Waals surface area contributed by atoms with Gasteiger partial charge in [0.2, 0.25) is 5.91 Å². The van der Waals surface area contributed by atoms with Crippen molar-refractivity contribution in [3.05, 3.63) is 41.7 Å². The lowest BCUT2D eigenvalue weighted by atomic mass is 9.88. The van der Waals surface area contributed by atoms with Gasteiger partial charge in [0.15, 0.2) is 0 Å². The van der Waals surface area contributed by atoms with Crippen LogP contribution in [0.3, 0.4) is 0 Å². The Bertz CT molecular complexity index is 762. The molecule has 25 heavy (non-hydrogen) atoms. The van der Waals surface area contributed by atoms with Crippen LogP contribution in [0.4, 0.5) is 4.79 Å². The first kappa shape index (κ1) is 17.0. The van der Waals surface area contributed by atoms with Gasteiger partial charge in [0, 0.05) is 30.3 Å². The summed E-state index contributed by atoms with van der Waals surface area (Å²) in [6.45, 7) is 3.38. The van der Waals surface area contributed by atoms with Crippen molar-refractivity contribution in [2.45, 2.75) is 25.7 Å². The Morgan fingerprint density at radius 1 is 1.28 bits per heavy atom. The topological polar surface area (TPSA) is 104 Å². The summed E-state index contributed by atoms with van der Waals surface area (Å²) in [5.74, 6) is 0.242. The van der Waals surface area contributed by atoms with Crippen LogP contribution in [0.25, 0.3) is 11.1 Å². The average Bonchev–Trinajstić information content (AvgIpc) is 3.09. The summed E-state index contributed by atoms with van der Waals surface area (Å²) in [6.07, 6.45) is 3.61. The fourth-order valence-corrected chi connectivity index (χ4v) is 3.39. The molecule has 3 amide bonds. The van der Waals surface area contributed by atoms with Gasteiger partial charge in [-0.25, -0.2) is 4.79 Å². The normalized spacial score (nSPS) is 15.2. The van der Waals surface area contributed by atoms with Crippen LogP contribution in [0.2, 0.25) is 0 Å². The molecule has 1 saturated heterocycles. The van der Waals surface area contributed by atoms with Crippen molar-refractivity contribution in [1.82, 2.24) is 20.4 Å². The number of benzene rings is 1. The van der Waals surface area contributed by atoms with Crippen LogP contribution in [0, 0.1) is 6.92 Å². The molecule has 2 aromatic rings. The zero-order valence-corrected chi connectivity index (χ0v) is 14.3. The highest BCUT2D eigenvalue weighted by atomic mass is 16.2. The van der Waals surface area contributed by atoms with Crippen LogP contribution in [0.15, 0.2) is 30.5 Å². The van der Waals surface area contributed by atoms with Crippen molar-refractivity contribution in [3.8, 4) is 11.1 Å². The molecule has 0 bridgehead atoms. The van der Waals surface area contributed by atoms with Gasteiger partial charge in [0.05, 0.1) is 12.7 Å². The molecule has 4 N–H and O–H groups in total. The predicted molar refractivity (Wildman–Crippen MR) is 94.9 cm³/mol. The number of hydrogen-bond donors (Lipinski definition) is 3. The van der Waals surface area contributed by atoms with Crippen LogP contribution in [-0.4, -0.2) is 46.7 Å². The van der Waals surface area contributed by atoms with E-state index < -0.39 is 6.03 Å². The maximum absolute atomic E-state index is 12.1. The van der Waals surface area contributed by atoms with Crippen molar-refractivity contribution in [1.29, 1.82) is 0 Å². The van der Waals surface area contributed by atoms with E-state index in [0.29, 0.717) is 19.0 Å². The van der Waals surface area contributed by atoms with Gasteiger partial charge < -0.3 is 16.0 Å². The number of urea groups is 1. The van der Waals surface area contributed by atoms with Gasteiger partial charge in [-0.1, -0.05) is 24.3 Å². The van der Waals surface area contributed by atoms with Crippen LogP contribution >= 0.6 is 0 Å². The van der Waals surface area contributed by atoms with Crippen LogP contribution in [0.1, 0.15) is 30.0 Å². The lowest BCUT2D eigenvalue weighted by Crippen LogP contribution is -2.44. The number of primary amides is 1. The molecule has 0 radical (unpaired) electrons. The monoisotopic (exact) mass is 341 g/mol. The third-order valence-corrected chi connectivity index (χ3v) is 4.77. The lowest BCUT2D eigenvalue weighted by Gasteiger charge is -2.32. The zero-order valence-electron chi connectivity index (χ0n) is 14.3. The molecule has 2 heterocycles. The van der Waals surface area contributed by atoms with E-state index >= 15 is 0 Å². The molecular weight excluding hydrogens is 318 g/mol. The summed E-state index contributed by atoms with van der Waals surface area (Å²) in [7, 11) is 0. The first-order chi connectivity index (χ1) is 12.1. The highest BCUT2D eigenvalue weighted by molar-refractivity contribution is 5.83. The van der Waals surface area contributed by atoms with E-state index in [2.05, 4.69) is 34.6 Å². The predicted octanol–water partition coefficient (Wildman–Crippen LogP) is 1.76. The molecule has 3 rings (SSSR count). The van der Waals surface area contributed by atoms with E-state index in [9.17, 15) is 9.59 Å². The minimum atomic E-state index is -0.677. The zero-order chi connectivity index (χ0) is 17.8. The number of aryl methyl sites for hydroxylation is 1. The molecule has 132 valence electrons. The van der Waals surface area contributed by atoms with Gasteiger partial charge in [-0.05, 0) is 30.9 Å². The Morgan fingerprint density at radius 3 is 2.68 bits per heavy atom. The van der Waals surface area contributed by atoms with Crippen molar-refractivity contribution in [2.24, 2.45) is 5.73 Å². The van der Waals surface area contributed by atoms with Gasteiger partial charge in [-0.3, -0.25) is 9.89 Å². The summed E-state index contributed by atoms with van der Waals surface area (Å²) in [4.78, 5) is 24.6. The summed E-state index contributed by atoms with van der Waals surface area (Å²) in [6, 6.07) is 7.59. The Hall–Kier alpha value is -2.83. The second kappa shape index (κ2) is 7.38.